The van der Waals surface area contributed by atoms with Crippen LogP contribution in [0.3, 0.4) is 0 Å². The smallest absolute Gasteiger partial charge is 0.306 e. The highest BCUT2D eigenvalue weighted by molar-refractivity contribution is 5.71. The van der Waals surface area contributed by atoms with E-state index in [9.17, 15) is 14.4 Å². The molecule has 0 heterocycles. The summed E-state index contributed by atoms with van der Waals surface area (Å²) in [5.41, 5.74) is 0. The van der Waals surface area contributed by atoms with E-state index in [0.29, 0.717) is 19.3 Å². The molecule has 0 radical (unpaired) electrons. The zero-order chi connectivity index (χ0) is 52.2. The monoisotopic (exact) mass is 1000 g/mol. The number of rotatable bonds is 55. The summed E-state index contributed by atoms with van der Waals surface area (Å²) in [6.07, 6.45) is 78.7. The second kappa shape index (κ2) is 60.1. The van der Waals surface area contributed by atoms with Gasteiger partial charge in [0.15, 0.2) is 6.10 Å². The molecule has 0 fully saturated rings. The Bertz CT molecular complexity index is 1380. The quantitative estimate of drug-likeness (QED) is 0.0261. The first-order chi connectivity index (χ1) is 35.5. The summed E-state index contributed by atoms with van der Waals surface area (Å²) in [6, 6.07) is 0. The molecule has 0 bridgehead atoms. The third-order valence-electron chi connectivity index (χ3n) is 13.1. The Kier molecular flexibility index (Phi) is 57.3. The molecule has 6 nitrogen and oxygen atoms in total. The van der Waals surface area contributed by atoms with Gasteiger partial charge in [-0.2, -0.15) is 0 Å². The number of esters is 3. The maximum absolute atomic E-state index is 12.9. The van der Waals surface area contributed by atoms with Gasteiger partial charge >= 0.3 is 17.9 Å². The van der Waals surface area contributed by atoms with Gasteiger partial charge in [-0.05, 0) is 116 Å². The SMILES string of the molecule is CC/C=C\C/C=C\C/C=C\C/C=C\CCCCC(=O)OCC(COC(=O)CCCCCCCCCCC/C=C\C/C=C\CCCCCCC)OC(=O)CCCCCCCCC/C=C\CCCCCCCCC. The third-order valence-corrected chi connectivity index (χ3v) is 13.1. The van der Waals surface area contributed by atoms with Gasteiger partial charge < -0.3 is 14.2 Å². The number of carbonyl (C=O) groups is 3. The molecule has 0 amide bonds. The van der Waals surface area contributed by atoms with Crippen LogP contribution in [-0.2, 0) is 28.6 Å². The molecular formula is C66H114O6. The number of carbonyl (C=O) groups excluding carboxylic acids is 3. The van der Waals surface area contributed by atoms with Crippen molar-refractivity contribution in [1.82, 2.24) is 0 Å². The molecule has 0 spiro atoms. The molecule has 6 heteroatoms. The Hall–Kier alpha value is -3.41. The predicted octanol–water partition coefficient (Wildman–Crippen LogP) is 20.7. The van der Waals surface area contributed by atoms with Gasteiger partial charge in [-0.1, -0.05) is 247 Å². The number of hydrogen-bond acceptors (Lipinski definition) is 6. The first-order valence-corrected chi connectivity index (χ1v) is 30.6. The fourth-order valence-electron chi connectivity index (χ4n) is 8.52. The van der Waals surface area contributed by atoms with Crippen molar-refractivity contribution in [2.45, 2.75) is 303 Å². The summed E-state index contributed by atoms with van der Waals surface area (Å²) in [5, 5.41) is 0. The Morgan fingerprint density at radius 2 is 0.542 bits per heavy atom. The summed E-state index contributed by atoms with van der Waals surface area (Å²) < 4.78 is 16.9. The molecular weight excluding hydrogens is 889 g/mol. The Balaban J connectivity index is 4.41. The van der Waals surface area contributed by atoms with Crippen LogP contribution < -0.4 is 0 Å². The van der Waals surface area contributed by atoms with Crippen LogP contribution in [0.25, 0.3) is 0 Å². The van der Waals surface area contributed by atoms with E-state index in [1.54, 1.807) is 0 Å². The van der Waals surface area contributed by atoms with E-state index in [4.69, 9.17) is 14.2 Å². The van der Waals surface area contributed by atoms with E-state index in [1.807, 2.05) is 0 Å². The fraction of sp³-hybridized carbons (Fsp3) is 0.742. The normalized spacial score (nSPS) is 12.7. The van der Waals surface area contributed by atoms with Crippen LogP contribution in [0.2, 0.25) is 0 Å². The van der Waals surface area contributed by atoms with E-state index in [1.165, 1.54) is 167 Å². The van der Waals surface area contributed by atoms with Gasteiger partial charge in [-0.3, -0.25) is 14.4 Å². The molecule has 0 aliphatic rings. The minimum Gasteiger partial charge on any atom is -0.462 e. The fourth-order valence-corrected chi connectivity index (χ4v) is 8.52. The maximum atomic E-state index is 12.9. The summed E-state index contributed by atoms with van der Waals surface area (Å²) in [5.74, 6) is -0.936. The van der Waals surface area contributed by atoms with Crippen molar-refractivity contribution in [3.05, 3.63) is 85.1 Å². The lowest BCUT2D eigenvalue weighted by Crippen LogP contribution is -2.30. The van der Waals surface area contributed by atoms with Crippen LogP contribution in [0.15, 0.2) is 85.1 Å². The van der Waals surface area contributed by atoms with E-state index < -0.39 is 6.10 Å². The van der Waals surface area contributed by atoms with Crippen molar-refractivity contribution >= 4 is 17.9 Å². The van der Waals surface area contributed by atoms with Crippen LogP contribution >= 0.6 is 0 Å². The lowest BCUT2D eigenvalue weighted by atomic mass is 10.1. The van der Waals surface area contributed by atoms with Crippen LogP contribution in [-0.4, -0.2) is 37.2 Å². The van der Waals surface area contributed by atoms with E-state index in [0.717, 1.165) is 89.9 Å². The van der Waals surface area contributed by atoms with Gasteiger partial charge in [0.25, 0.3) is 0 Å². The Morgan fingerprint density at radius 1 is 0.292 bits per heavy atom. The molecule has 0 aliphatic carbocycles. The van der Waals surface area contributed by atoms with Crippen LogP contribution in [0.1, 0.15) is 297 Å². The first-order valence-electron chi connectivity index (χ1n) is 30.6. The van der Waals surface area contributed by atoms with Gasteiger partial charge in [-0.25, -0.2) is 0 Å². The van der Waals surface area contributed by atoms with Crippen LogP contribution in [0.5, 0.6) is 0 Å². The lowest BCUT2D eigenvalue weighted by molar-refractivity contribution is -0.167. The van der Waals surface area contributed by atoms with Gasteiger partial charge in [-0.15, -0.1) is 0 Å². The first kappa shape index (κ1) is 68.6. The minimum atomic E-state index is -0.799. The number of allylic oxidation sites excluding steroid dienone is 14. The molecule has 0 saturated heterocycles. The average molecular weight is 1000 g/mol. The molecule has 0 aromatic rings. The van der Waals surface area contributed by atoms with Crippen molar-refractivity contribution in [3.8, 4) is 0 Å². The zero-order valence-electron chi connectivity index (χ0n) is 47.4. The van der Waals surface area contributed by atoms with E-state index in [-0.39, 0.29) is 31.1 Å². The molecule has 0 rings (SSSR count). The molecule has 0 saturated carbocycles. The number of hydrogen-bond donors (Lipinski definition) is 0. The molecule has 1 unspecified atom stereocenters. The summed E-state index contributed by atoms with van der Waals surface area (Å²) in [4.78, 5) is 38.2. The Morgan fingerprint density at radius 3 is 0.889 bits per heavy atom. The van der Waals surface area contributed by atoms with Gasteiger partial charge in [0.2, 0.25) is 0 Å². The highest BCUT2D eigenvalue weighted by atomic mass is 16.6. The standard InChI is InChI=1S/C66H114O6/c1-4-7-10-13-16-19-22-25-28-30-32-33-34-36-38-41-44-47-50-53-56-59-65(68)71-62-63(61-70-64(67)58-55-52-49-46-43-40-37-27-24-21-18-15-12-9-6-3)72-66(69)60-57-54-51-48-45-42-39-35-31-29-26-23-20-17-14-11-8-5-2/h9,12,18,21-22,25,27,29-32,37,43,46,63H,4-8,10-11,13-17,19-20,23-24,26,28,33-36,38-42,44-45,47-62H2,1-3H3/b12-9-,21-18-,25-22-,31-29-,32-30-,37-27-,46-43-. The second-order valence-electron chi connectivity index (χ2n) is 20.2. The highest BCUT2D eigenvalue weighted by Gasteiger charge is 2.19. The number of ether oxygens (including phenoxy) is 3. The predicted molar refractivity (Wildman–Crippen MR) is 311 cm³/mol. The summed E-state index contributed by atoms with van der Waals surface area (Å²) in [7, 11) is 0. The van der Waals surface area contributed by atoms with Crippen molar-refractivity contribution in [2.24, 2.45) is 0 Å². The highest BCUT2D eigenvalue weighted by Crippen LogP contribution is 2.15. The lowest BCUT2D eigenvalue weighted by Gasteiger charge is -2.18. The third kappa shape index (κ3) is 57.5. The largest absolute Gasteiger partial charge is 0.462 e. The van der Waals surface area contributed by atoms with Gasteiger partial charge in [0.05, 0.1) is 0 Å². The Labute approximate surface area is 445 Å². The van der Waals surface area contributed by atoms with Crippen LogP contribution in [0.4, 0.5) is 0 Å². The van der Waals surface area contributed by atoms with E-state index >= 15 is 0 Å². The topological polar surface area (TPSA) is 78.9 Å². The van der Waals surface area contributed by atoms with Crippen molar-refractivity contribution in [2.75, 3.05) is 13.2 Å². The van der Waals surface area contributed by atoms with E-state index in [2.05, 4.69) is 106 Å². The molecule has 0 aliphatic heterocycles. The maximum Gasteiger partial charge on any atom is 0.306 e. The number of unbranched alkanes of at least 4 members (excludes halogenated alkanes) is 30. The molecule has 1 atom stereocenters. The molecule has 0 aromatic heterocycles. The van der Waals surface area contributed by atoms with Gasteiger partial charge in [0, 0.05) is 19.3 Å². The summed E-state index contributed by atoms with van der Waals surface area (Å²) in [6.45, 7) is 6.49. The molecule has 0 aromatic carbocycles. The zero-order valence-corrected chi connectivity index (χ0v) is 47.4. The molecule has 414 valence electrons. The summed E-state index contributed by atoms with van der Waals surface area (Å²) >= 11 is 0. The minimum absolute atomic E-state index is 0.0932. The molecule has 0 N–H and O–H groups in total. The van der Waals surface area contributed by atoms with Crippen molar-refractivity contribution in [3.63, 3.8) is 0 Å². The molecule has 72 heavy (non-hydrogen) atoms. The average Bonchev–Trinajstić information content (AvgIpc) is 3.38. The van der Waals surface area contributed by atoms with Crippen molar-refractivity contribution < 1.29 is 28.6 Å². The van der Waals surface area contributed by atoms with Crippen molar-refractivity contribution in [1.29, 1.82) is 0 Å². The second-order valence-corrected chi connectivity index (χ2v) is 20.2. The van der Waals surface area contributed by atoms with Crippen LogP contribution in [0, 0.1) is 0 Å². The van der Waals surface area contributed by atoms with Gasteiger partial charge in [0.1, 0.15) is 13.2 Å².